The van der Waals surface area contributed by atoms with E-state index < -0.39 is 0 Å². The van der Waals surface area contributed by atoms with Crippen LogP contribution in [-0.2, 0) is 6.42 Å². The van der Waals surface area contributed by atoms with Gasteiger partial charge < -0.3 is 4.90 Å². The standard InChI is InChI=1S/C16H22ClN3S/c1-3-11-8-6-5-7-9-20(11)14-13-10-12(4-2)21-15(13)19-16(17)18-14/h10-11H,3-9H2,1-2H3. The minimum Gasteiger partial charge on any atom is -0.353 e. The molecule has 0 spiro atoms. The van der Waals surface area contributed by atoms with Crippen LogP contribution in [0.5, 0.6) is 0 Å². The van der Waals surface area contributed by atoms with Crippen molar-refractivity contribution < 1.29 is 0 Å². The number of aromatic nitrogens is 2. The summed E-state index contributed by atoms with van der Waals surface area (Å²) >= 11 is 7.93. The topological polar surface area (TPSA) is 29.0 Å². The summed E-state index contributed by atoms with van der Waals surface area (Å²) in [7, 11) is 0. The number of halogens is 1. The van der Waals surface area contributed by atoms with Crippen LogP contribution in [0.1, 0.15) is 50.8 Å². The molecule has 5 heteroatoms. The number of nitrogens with zero attached hydrogens (tertiary/aromatic N) is 3. The average molecular weight is 324 g/mol. The number of anilines is 1. The molecule has 2 aromatic rings. The van der Waals surface area contributed by atoms with Gasteiger partial charge in [0, 0.05) is 17.5 Å². The first-order valence-corrected chi connectivity index (χ1v) is 9.15. The Bertz CT molecular complexity index is 625. The number of hydrogen-bond donors (Lipinski definition) is 0. The number of fused-ring (bicyclic) bond motifs is 1. The molecule has 3 rings (SSSR count). The van der Waals surface area contributed by atoms with Crippen molar-refractivity contribution in [2.45, 2.75) is 58.4 Å². The quantitative estimate of drug-likeness (QED) is 0.739. The molecule has 0 aromatic carbocycles. The summed E-state index contributed by atoms with van der Waals surface area (Å²) in [6, 6.07) is 2.83. The molecule has 0 saturated carbocycles. The maximum atomic E-state index is 6.18. The minimum atomic E-state index is 0.376. The van der Waals surface area contributed by atoms with Crippen LogP contribution >= 0.6 is 22.9 Å². The molecule has 0 bridgehead atoms. The molecule has 0 radical (unpaired) electrons. The van der Waals surface area contributed by atoms with E-state index in [0.717, 1.165) is 30.0 Å². The Kier molecular flexibility index (Phi) is 4.65. The Morgan fingerprint density at radius 3 is 2.90 bits per heavy atom. The van der Waals surface area contributed by atoms with E-state index in [4.69, 9.17) is 11.6 Å². The highest BCUT2D eigenvalue weighted by Crippen LogP contribution is 2.35. The summed E-state index contributed by atoms with van der Waals surface area (Å²) < 4.78 is 0. The average Bonchev–Trinajstić information content (AvgIpc) is 2.75. The second-order valence-electron chi connectivity index (χ2n) is 5.71. The lowest BCUT2D eigenvalue weighted by atomic mass is 10.1. The fourth-order valence-electron chi connectivity index (χ4n) is 3.20. The van der Waals surface area contributed by atoms with E-state index in [1.165, 1.54) is 35.9 Å². The van der Waals surface area contributed by atoms with E-state index in [1.807, 2.05) is 0 Å². The minimum absolute atomic E-state index is 0.376. The van der Waals surface area contributed by atoms with Crippen LogP contribution < -0.4 is 4.90 Å². The zero-order chi connectivity index (χ0) is 14.8. The third kappa shape index (κ3) is 3.02. The lowest BCUT2D eigenvalue weighted by Crippen LogP contribution is -2.35. The van der Waals surface area contributed by atoms with Gasteiger partial charge in [-0.2, -0.15) is 4.98 Å². The van der Waals surface area contributed by atoms with Crippen LogP contribution in [0.25, 0.3) is 10.2 Å². The summed E-state index contributed by atoms with van der Waals surface area (Å²) in [6.45, 7) is 5.53. The van der Waals surface area contributed by atoms with E-state index in [1.54, 1.807) is 11.3 Å². The van der Waals surface area contributed by atoms with Gasteiger partial charge in [0.1, 0.15) is 10.6 Å². The molecule has 21 heavy (non-hydrogen) atoms. The second-order valence-corrected chi connectivity index (χ2v) is 7.16. The van der Waals surface area contributed by atoms with Gasteiger partial charge in [0.25, 0.3) is 0 Å². The van der Waals surface area contributed by atoms with E-state index in [-0.39, 0.29) is 0 Å². The normalized spacial score (nSPS) is 20.0. The Hall–Kier alpha value is -0.870. The van der Waals surface area contributed by atoms with Gasteiger partial charge in [-0.05, 0) is 43.4 Å². The van der Waals surface area contributed by atoms with Gasteiger partial charge in [0.15, 0.2) is 0 Å². The molecule has 114 valence electrons. The zero-order valence-corrected chi connectivity index (χ0v) is 14.3. The van der Waals surface area contributed by atoms with E-state index in [9.17, 15) is 0 Å². The predicted octanol–water partition coefficient (Wildman–Crippen LogP) is 5.07. The molecule has 0 amide bonds. The van der Waals surface area contributed by atoms with Crippen LogP contribution in [0.15, 0.2) is 6.07 Å². The highest BCUT2D eigenvalue weighted by atomic mass is 35.5. The molecule has 1 saturated heterocycles. The van der Waals surface area contributed by atoms with Crippen LogP contribution in [0.4, 0.5) is 5.82 Å². The highest BCUT2D eigenvalue weighted by Gasteiger charge is 2.24. The van der Waals surface area contributed by atoms with Crippen LogP contribution in [0.2, 0.25) is 5.28 Å². The molecule has 0 aliphatic carbocycles. The number of thiophene rings is 1. The summed E-state index contributed by atoms with van der Waals surface area (Å²) in [4.78, 5) is 13.9. The van der Waals surface area contributed by atoms with Gasteiger partial charge in [-0.1, -0.05) is 26.7 Å². The zero-order valence-electron chi connectivity index (χ0n) is 12.7. The first-order valence-electron chi connectivity index (χ1n) is 7.95. The summed E-state index contributed by atoms with van der Waals surface area (Å²) in [5, 5.41) is 1.56. The smallest absolute Gasteiger partial charge is 0.225 e. The molecule has 1 unspecified atom stereocenters. The van der Waals surface area contributed by atoms with Crippen LogP contribution in [0, 0.1) is 0 Å². The fourth-order valence-corrected chi connectivity index (χ4v) is 4.38. The van der Waals surface area contributed by atoms with Crippen molar-refractivity contribution in [3.8, 4) is 0 Å². The van der Waals surface area contributed by atoms with Gasteiger partial charge in [-0.25, -0.2) is 4.98 Å². The molecule has 2 aromatic heterocycles. The molecule has 3 nitrogen and oxygen atoms in total. The maximum Gasteiger partial charge on any atom is 0.225 e. The fraction of sp³-hybridized carbons (Fsp3) is 0.625. The van der Waals surface area contributed by atoms with Gasteiger partial charge in [-0.3, -0.25) is 0 Å². The van der Waals surface area contributed by atoms with Gasteiger partial charge in [0.2, 0.25) is 5.28 Å². The van der Waals surface area contributed by atoms with E-state index in [2.05, 4.69) is 34.8 Å². The molecule has 1 fully saturated rings. The molecule has 3 heterocycles. The Morgan fingerprint density at radius 2 is 2.14 bits per heavy atom. The van der Waals surface area contributed by atoms with Gasteiger partial charge >= 0.3 is 0 Å². The van der Waals surface area contributed by atoms with Gasteiger partial charge in [0.05, 0.1) is 5.39 Å². The number of aryl methyl sites for hydroxylation is 1. The lowest BCUT2D eigenvalue weighted by Gasteiger charge is -2.30. The van der Waals surface area contributed by atoms with Crippen molar-refractivity contribution in [3.63, 3.8) is 0 Å². The number of hydrogen-bond acceptors (Lipinski definition) is 4. The predicted molar refractivity (Wildman–Crippen MR) is 91.7 cm³/mol. The van der Waals surface area contributed by atoms with Crippen molar-refractivity contribution >= 4 is 39.0 Å². The van der Waals surface area contributed by atoms with Crippen LogP contribution in [-0.4, -0.2) is 22.6 Å². The third-order valence-electron chi connectivity index (χ3n) is 4.37. The molecule has 0 N–H and O–H groups in total. The monoisotopic (exact) mass is 323 g/mol. The van der Waals surface area contributed by atoms with Crippen molar-refractivity contribution in [3.05, 3.63) is 16.2 Å². The van der Waals surface area contributed by atoms with E-state index in [0.29, 0.717) is 11.3 Å². The Labute approximate surface area is 135 Å². The molecule has 1 aliphatic heterocycles. The molecular weight excluding hydrogens is 302 g/mol. The van der Waals surface area contributed by atoms with E-state index >= 15 is 0 Å². The first kappa shape index (κ1) is 15.0. The summed E-state index contributed by atoms with van der Waals surface area (Å²) in [5.74, 6) is 1.05. The molecular formula is C16H22ClN3S. The SMILES string of the molecule is CCc1cc2c(N3CCCCCC3CC)nc(Cl)nc2s1. The Balaban J connectivity index is 2.10. The summed E-state index contributed by atoms with van der Waals surface area (Å²) in [6.07, 6.45) is 7.33. The van der Waals surface area contributed by atoms with Crippen molar-refractivity contribution in [2.24, 2.45) is 0 Å². The summed E-state index contributed by atoms with van der Waals surface area (Å²) in [5.41, 5.74) is 0. The maximum absolute atomic E-state index is 6.18. The van der Waals surface area contributed by atoms with Crippen molar-refractivity contribution in [1.82, 2.24) is 9.97 Å². The molecule has 1 aliphatic rings. The third-order valence-corrected chi connectivity index (χ3v) is 5.71. The molecule has 1 atom stereocenters. The Morgan fingerprint density at radius 1 is 1.29 bits per heavy atom. The second kappa shape index (κ2) is 6.49. The van der Waals surface area contributed by atoms with Crippen molar-refractivity contribution in [1.29, 1.82) is 0 Å². The highest BCUT2D eigenvalue weighted by molar-refractivity contribution is 7.18. The van der Waals surface area contributed by atoms with Gasteiger partial charge in [-0.15, -0.1) is 11.3 Å². The number of rotatable bonds is 3. The van der Waals surface area contributed by atoms with Crippen LogP contribution in [0.3, 0.4) is 0 Å². The lowest BCUT2D eigenvalue weighted by molar-refractivity contribution is 0.553. The van der Waals surface area contributed by atoms with Crippen molar-refractivity contribution in [2.75, 3.05) is 11.4 Å². The first-order chi connectivity index (χ1) is 10.2. The largest absolute Gasteiger partial charge is 0.353 e.